The van der Waals surface area contributed by atoms with Gasteiger partial charge in [0.2, 0.25) is 5.91 Å². The average molecular weight is 209 g/mol. The van der Waals surface area contributed by atoms with Crippen LogP contribution in [0.5, 0.6) is 0 Å². The van der Waals surface area contributed by atoms with Crippen LogP contribution in [0.25, 0.3) is 0 Å². The van der Waals surface area contributed by atoms with E-state index in [9.17, 15) is 9.59 Å². The largest absolute Gasteiger partial charge is 0.370 e. The van der Waals surface area contributed by atoms with Crippen molar-refractivity contribution < 1.29 is 9.59 Å². The van der Waals surface area contributed by atoms with E-state index >= 15 is 0 Å². The molecule has 3 nitrogen and oxygen atoms in total. The molecule has 0 saturated heterocycles. The molecule has 2 N–H and O–H groups in total. The Labute approximate surface area is 90.4 Å². The highest BCUT2D eigenvalue weighted by molar-refractivity contribution is 5.94. The van der Waals surface area contributed by atoms with E-state index in [0.29, 0.717) is 5.92 Å². The van der Waals surface area contributed by atoms with Gasteiger partial charge in [-0.15, -0.1) is 0 Å². The number of amides is 1. The zero-order valence-corrected chi connectivity index (χ0v) is 9.67. The van der Waals surface area contributed by atoms with Crippen molar-refractivity contribution in [2.75, 3.05) is 0 Å². The monoisotopic (exact) mass is 209 g/mol. The van der Waals surface area contributed by atoms with Crippen molar-refractivity contribution in [1.29, 1.82) is 0 Å². The summed E-state index contributed by atoms with van der Waals surface area (Å²) in [6, 6.07) is 0. The maximum Gasteiger partial charge on any atom is 0.218 e. The van der Waals surface area contributed by atoms with Crippen LogP contribution in [-0.2, 0) is 9.59 Å². The summed E-state index contributed by atoms with van der Waals surface area (Å²) in [7, 11) is 0. The molecule has 0 aromatic carbocycles. The molecule has 84 valence electrons. The molecule has 2 saturated carbocycles. The Bertz CT molecular complexity index is 335. The standard InChI is InChI=1S/C12H19NO2/c1-11(2)8-4-5-12(11,3)10(15)7(8)6-9(13)14/h7-8H,4-6H2,1-3H3,(H2,13,14)/t7-,8+,12+/m1/s1. The third-order valence-electron chi connectivity index (χ3n) is 5.09. The third kappa shape index (κ3) is 1.12. The minimum absolute atomic E-state index is 0.0319. The van der Waals surface area contributed by atoms with Crippen molar-refractivity contribution in [1.82, 2.24) is 0 Å². The van der Waals surface area contributed by atoms with Gasteiger partial charge < -0.3 is 5.73 Å². The molecular weight excluding hydrogens is 190 g/mol. The molecule has 0 heterocycles. The number of carbonyl (C=O) groups is 2. The summed E-state index contributed by atoms with van der Waals surface area (Å²) in [6.45, 7) is 6.36. The molecule has 0 aromatic heterocycles. The Morgan fingerprint density at radius 2 is 2.07 bits per heavy atom. The van der Waals surface area contributed by atoms with E-state index in [1.807, 2.05) is 0 Å². The summed E-state index contributed by atoms with van der Waals surface area (Å²) < 4.78 is 0. The number of hydrogen-bond acceptors (Lipinski definition) is 2. The number of hydrogen-bond donors (Lipinski definition) is 1. The first-order chi connectivity index (χ1) is 6.80. The van der Waals surface area contributed by atoms with Crippen molar-refractivity contribution in [2.45, 2.75) is 40.0 Å². The lowest BCUT2D eigenvalue weighted by Gasteiger charge is -2.32. The second-order valence-corrected chi connectivity index (χ2v) is 5.84. The maximum atomic E-state index is 12.2. The molecule has 0 unspecified atom stereocenters. The SMILES string of the molecule is CC1(C)[C@H]2CC[C@@]1(C)C(=O)[C@@H]2CC(N)=O. The molecular formula is C12H19NO2. The Morgan fingerprint density at radius 3 is 2.47 bits per heavy atom. The third-order valence-corrected chi connectivity index (χ3v) is 5.09. The normalized spacial score (nSPS) is 42.2. The van der Waals surface area contributed by atoms with E-state index in [1.165, 1.54) is 0 Å². The van der Waals surface area contributed by atoms with Gasteiger partial charge in [0.25, 0.3) is 0 Å². The van der Waals surface area contributed by atoms with Gasteiger partial charge >= 0.3 is 0 Å². The van der Waals surface area contributed by atoms with Crippen LogP contribution in [0.3, 0.4) is 0 Å². The lowest BCUT2D eigenvalue weighted by atomic mass is 9.70. The summed E-state index contributed by atoms with van der Waals surface area (Å²) in [5.74, 6) is 0.154. The van der Waals surface area contributed by atoms with E-state index in [-0.39, 0.29) is 34.9 Å². The predicted octanol–water partition coefficient (Wildman–Crippen LogP) is 1.50. The number of rotatable bonds is 2. The number of nitrogens with two attached hydrogens (primary N) is 1. The first-order valence-electron chi connectivity index (χ1n) is 5.63. The molecule has 1 amide bonds. The zero-order valence-electron chi connectivity index (χ0n) is 9.67. The number of carbonyl (C=O) groups excluding carboxylic acids is 2. The van der Waals surface area contributed by atoms with Gasteiger partial charge in [-0.2, -0.15) is 0 Å². The van der Waals surface area contributed by atoms with Crippen LogP contribution in [-0.4, -0.2) is 11.7 Å². The summed E-state index contributed by atoms with van der Waals surface area (Å²) >= 11 is 0. The molecule has 2 aliphatic carbocycles. The van der Waals surface area contributed by atoms with E-state index in [4.69, 9.17) is 5.73 Å². The Kier molecular flexibility index (Phi) is 2.01. The molecule has 3 heteroatoms. The first-order valence-corrected chi connectivity index (χ1v) is 5.63. The van der Waals surface area contributed by atoms with Crippen molar-refractivity contribution in [2.24, 2.45) is 28.4 Å². The quantitative estimate of drug-likeness (QED) is 0.749. The van der Waals surface area contributed by atoms with Crippen LogP contribution in [0.15, 0.2) is 0 Å². The number of Topliss-reactive ketones (excluding diaryl/α,β-unsaturated/α-hetero) is 1. The van der Waals surface area contributed by atoms with Crippen molar-refractivity contribution >= 4 is 11.7 Å². The maximum absolute atomic E-state index is 12.2. The van der Waals surface area contributed by atoms with Crippen LogP contribution in [0.4, 0.5) is 0 Å². The topological polar surface area (TPSA) is 60.2 Å². The average Bonchev–Trinajstić information content (AvgIpc) is 2.40. The van der Waals surface area contributed by atoms with Gasteiger partial charge in [-0.05, 0) is 24.2 Å². The molecule has 2 aliphatic rings. The van der Waals surface area contributed by atoms with Gasteiger partial charge in [0.15, 0.2) is 0 Å². The van der Waals surface area contributed by atoms with Crippen LogP contribution in [0.1, 0.15) is 40.0 Å². The van der Waals surface area contributed by atoms with Gasteiger partial charge in [0, 0.05) is 17.8 Å². The zero-order chi connectivity index (χ0) is 11.4. The van der Waals surface area contributed by atoms with Crippen molar-refractivity contribution in [3.63, 3.8) is 0 Å². The minimum atomic E-state index is -0.347. The second-order valence-electron chi connectivity index (χ2n) is 5.84. The van der Waals surface area contributed by atoms with Crippen molar-refractivity contribution in [3.8, 4) is 0 Å². The van der Waals surface area contributed by atoms with Gasteiger partial charge in [-0.25, -0.2) is 0 Å². The number of ketones is 1. The molecule has 3 atom stereocenters. The number of primary amides is 1. The van der Waals surface area contributed by atoms with Gasteiger partial charge in [-0.1, -0.05) is 20.8 Å². The second kappa shape index (κ2) is 2.83. The summed E-state index contributed by atoms with van der Waals surface area (Å²) in [5.41, 5.74) is 5.01. The molecule has 15 heavy (non-hydrogen) atoms. The Balaban J connectivity index is 2.34. The highest BCUT2D eigenvalue weighted by Crippen LogP contribution is 2.66. The van der Waals surface area contributed by atoms with Crippen LogP contribution < -0.4 is 5.73 Å². The van der Waals surface area contributed by atoms with Crippen LogP contribution in [0.2, 0.25) is 0 Å². The molecule has 2 fully saturated rings. The van der Waals surface area contributed by atoms with Crippen LogP contribution >= 0.6 is 0 Å². The van der Waals surface area contributed by atoms with Crippen LogP contribution in [0, 0.1) is 22.7 Å². The molecule has 0 radical (unpaired) electrons. The highest BCUT2D eigenvalue weighted by Gasteiger charge is 2.65. The van der Waals surface area contributed by atoms with E-state index in [2.05, 4.69) is 20.8 Å². The molecule has 0 aliphatic heterocycles. The van der Waals surface area contributed by atoms with Gasteiger partial charge in [-0.3, -0.25) is 9.59 Å². The first kappa shape index (κ1) is 10.7. The number of fused-ring (bicyclic) bond motifs is 2. The van der Waals surface area contributed by atoms with Gasteiger partial charge in [0.05, 0.1) is 0 Å². The predicted molar refractivity (Wildman–Crippen MR) is 56.9 cm³/mol. The van der Waals surface area contributed by atoms with Gasteiger partial charge in [0.1, 0.15) is 5.78 Å². The fourth-order valence-corrected chi connectivity index (χ4v) is 3.72. The lowest BCUT2D eigenvalue weighted by Crippen LogP contribution is -2.34. The molecule has 2 bridgehead atoms. The summed E-state index contributed by atoms with van der Waals surface area (Å²) in [6.07, 6.45) is 2.27. The summed E-state index contributed by atoms with van der Waals surface area (Å²) in [5, 5.41) is 0. The van der Waals surface area contributed by atoms with E-state index < -0.39 is 0 Å². The lowest BCUT2D eigenvalue weighted by molar-refractivity contribution is -0.134. The van der Waals surface area contributed by atoms with E-state index in [1.54, 1.807) is 0 Å². The summed E-state index contributed by atoms with van der Waals surface area (Å²) in [4.78, 5) is 23.2. The fraction of sp³-hybridized carbons (Fsp3) is 0.833. The highest BCUT2D eigenvalue weighted by atomic mass is 16.1. The minimum Gasteiger partial charge on any atom is -0.370 e. The van der Waals surface area contributed by atoms with Crippen molar-refractivity contribution in [3.05, 3.63) is 0 Å². The smallest absolute Gasteiger partial charge is 0.218 e. The van der Waals surface area contributed by atoms with E-state index in [0.717, 1.165) is 12.8 Å². The molecule has 0 spiro atoms. The Morgan fingerprint density at radius 1 is 1.47 bits per heavy atom. The Hall–Kier alpha value is -0.860. The molecule has 2 rings (SSSR count). The fourth-order valence-electron chi connectivity index (χ4n) is 3.72. The molecule has 0 aromatic rings.